The van der Waals surface area contributed by atoms with Crippen LogP contribution in [0.4, 0.5) is 5.69 Å². The van der Waals surface area contributed by atoms with Crippen LogP contribution < -0.4 is 5.30 Å². The first-order valence-electron chi connectivity index (χ1n) is 11.9. The van der Waals surface area contributed by atoms with Crippen LogP contribution in [0, 0.1) is 10.1 Å². The van der Waals surface area contributed by atoms with E-state index in [1.54, 1.807) is 0 Å². The minimum Gasteiger partial charge on any atom is -0.380 e. The van der Waals surface area contributed by atoms with Gasteiger partial charge in [-0.25, -0.2) is 0 Å². The van der Waals surface area contributed by atoms with Crippen LogP contribution in [0.25, 0.3) is 0 Å². The molecule has 1 heterocycles. The Kier molecular flexibility index (Phi) is 12.0. The molecule has 0 spiro atoms. The zero-order valence-electron chi connectivity index (χ0n) is 19.9. The average molecular weight is 488 g/mol. The number of hydrogen-bond acceptors (Lipinski definition) is 8. The SMILES string of the molecule is CCCCOC[C@H]1O[P@@](=O)(c2ccc([N+](=O)[O-])cc2)C(O)[C@@H](OCCCC)[C@@H]1OCCCC. The first-order chi connectivity index (χ1) is 15.9. The van der Waals surface area contributed by atoms with E-state index in [1.165, 1.54) is 24.3 Å². The highest BCUT2D eigenvalue weighted by Gasteiger charge is 2.54. The van der Waals surface area contributed by atoms with E-state index in [9.17, 15) is 19.8 Å². The molecule has 5 atom stereocenters. The topological polar surface area (TPSA) is 117 Å². The van der Waals surface area contributed by atoms with Crippen molar-refractivity contribution in [1.82, 2.24) is 0 Å². The van der Waals surface area contributed by atoms with Crippen molar-refractivity contribution >= 4 is 18.4 Å². The van der Waals surface area contributed by atoms with Crippen molar-refractivity contribution < 1.29 is 33.3 Å². The Morgan fingerprint density at radius 1 is 0.970 bits per heavy atom. The molecule has 1 unspecified atom stereocenters. The van der Waals surface area contributed by atoms with Gasteiger partial charge < -0.3 is 23.8 Å². The zero-order valence-corrected chi connectivity index (χ0v) is 20.8. The van der Waals surface area contributed by atoms with Crippen molar-refractivity contribution in [2.45, 2.75) is 83.5 Å². The van der Waals surface area contributed by atoms with Gasteiger partial charge in [-0.1, -0.05) is 40.0 Å². The lowest BCUT2D eigenvalue weighted by atomic mass is 10.1. The highest BCUT2D eigenvalue weighted by molar-refractivity contribution is 7.67. The third kappa shape index (κ3) is 7.57. The molecule has 1 aliphatic heterocycles. The molecule has 0 aliphatic carbocycles. The summed E-state index contributed by atoms with van der Waals surface area (Å²) in [5.41, 5.74) is -0.132. The van der Waals surface area contributed by atoms with Crippen LogP contribution in [0.2, 0.25) is 0 Å². The van der Waals surface area contributed by atoms with Crippen LogP contribution in [-0.4, -0.2) is 60.6 Å². The van der Waals surface area contributed by atoms with Gasteiger partial charge in [-0.15, -0.1) is 0 Å². The minimum atomic E-state index is -3.85. The number of nitro groups is 1. The molecule has 1 N–H and O–H groups in total. The lowest BCUT2D eigenvalue weighted by Gasteiger charge is -2.44. The summed E-state index contributed by atoms with van der Waals surface area (Å²) in [4.78, 5) is 10.5. The summed E-state index contributed by atoms with van der Waals surface area (Å²) in [6.45, 7) is 7.67. The van der Waals surface area contributed by atoms with Crippen molar-refractivity contribution in [2.75, 3.05) is 26.4 Å². The maximum Gasteiger partial charge on any atom is 0.269 e. The summed E-state index contributed by atoms with van der Waals surface area (Å²) in [5.74, 6) is -1.46. The number of non-ortho nitro benzene ring substituents is 1. The second kappa shape index (κ2) is 14.1. The molecule has 0 saturated carbocycles. The second-order valence-electron chi connectivity index (χ2n) is 8.23. The largest absolute Gasteiger partial charge is 0.380 e. The first-order valence-corrected chi connectivity index (χ1v) is 13.6. The zero-order chi connectivity index (χ0) is 24.3. The molecular weight excluding hydrogens is 449 g/mol. The molecule has 1 aromatic rings. The number of nitrogens with zero attached hydrogens (tertiary/aromatic N) is 1. The van der Waals surface area contributed by atoms with Gasteiger partial charge in [0.1, 0.15) is 18.3 Å². The van der Waals surface area contributed by atoms with Crippen LogP contribution >= 0.6 is 7.37 Å². The molecule has 1 fully saturated rings. The molecule has 1 aromatic carbocycles. The quantitative estimate of drug-likeness (QED) is 0.167. The molecule has 0 aromatic heterocycles. The van der Waals surface area contributed by atoms with Crippen LogP contribution in [0.15, 0.2) is 24.3 Å². The van der Waals surface area contributed by atoms with Gasteiger partial charge in [0, 0.05) is 37.3 Å². The summed E-state index contributed by atoms with van der Waals surface area (Å²) >= 11 is 0. The van der Waals surface area contributed by atoms with E-state index in [-0.39, 0.29) is 17.6 Å². The molecule has 1 aliphatic rings. The van der Waals surface area contributed by atoms with Gasteiger partial charge in [0.05, 0.1) is 11.5 Å². The third-order valence-corrected chi connectivity index (χ3v) is 8.18. The molecule has 0 amide bonds. The van der Waals surface area contributed by atoms with Gasteiger partial charge in [0.2, 0.25) is 0 Å². The van der Waals surface area contributed by atoms with Crippen LogP contribution in [0.3, 0.4) is 0 Å². The molecule has 0 bridgehead atoms. The number of aliphatic hydroxyl groups is 1. The fourth-order valence-electron chi connectivity index (χ4n) is 3.58. The summed E-state index contributed by atoms with van der Waals surface area (Å²) in [6.07, 6.45) is 3.09. The number of nitro benzene ring substituents is 1. The van der Waals surface area contributed by atoms with Gasteiger partial charge in [0.25, 0.3) is 13.1 Å². The van der Waals surface area contributed by atoms with Gasteiger partial charge in [-0.05, 0) is 31.4 Å². The molecule has 0 radical (unpaired) electrons. The Labute approximate surface area is 196 Å². The van der Waals surface area contributed by atoms with Crippen LogP contribution in [-0.2, 0) is 23.3 Å². The Hall–Kier alpha value is -1.35. The first kappa shape index (κ1) is 27.9. The van der Waals surface area contributed by atoms with Crippen molar-refractivity contribution in [3.8, 4) is 0 Å². The predicted octanol–water partition coefficient (Wildman–Crippen LogP) is 4.40. The Morgan fingerprint density at radius 3 is 2.06 bits per heavy atom. The summed E-state index contributed by atoms with van der Waals surface area (Å²) in [7, 11) is -3.85. The van der Waals surface area contributed by atoms with Crippen molar-refractivity contribution in [1.29, 1.82) is 0 Å². The van der Waals surface area contributed by atoms with Crippen molar-refractivity contribution in [3.05, 3.63) is 34.4 Å². The number of ether oxygens (including phenoxy) is 3. The number of hydrogen-bond donors (Lipinski definition) is 1. The minimum absolute atomic E-state index is 0.132. The highest BCUT2D eigenvalue weighted by atomic mass is 31.2. The number of rotatable bonds is 15. The molecule has 10 heteroatoms. The Bertz CT molecular complexity index is 759. The van der Waals surface area contributed by atoms with E-state index in [2.05, 4.69) is 13.8 Å². The maximum absolute atomic E-state index is 14.0. The summed E-state index contributed by atoms with van der Waals surface area (Å²) in [5, 5.41) is 22.4. The van der Waals surface area contributed by atoms with Gasteiger partial charge in [0.15, 0.2) is 5.85 Å². The van der Waals surface area contributed by atoms with E-state index in [0.717, 1.165) is 38.5 Å². The highest BCUT2D eigenvalue weighted by Crippen LogP contribution is 2.57. The molecular formula is C23H38NO8P. The fraction of sp³-hybridized carbons (Fsp3) is 0.739. The molecule has 9 nitrogen and oxygen atoms in total. The molecule has 2 rings (SSSR count). The number of unbranched alkanes of at least 4 members (excludes halogenated alkanes) is 3. The Balaban J connectivity index is 2.35. The lowest BCUT2D eigenvalue weighted by molar-refractivity contribution is -0.384. The van der Waals surface area contributed by atoms with E-state index < -0.39 is 36.4 Å². The van der Waals surface area contributed by atoms with Crippen LogP contribution in [0.1, 0.15) is 59.3 Å². The number of aliphatic hydroxyl groups excluding tert-OH is 1. The number of benzene rings is 1. The predicted molar refractivity (Wildman–Crippen MR) is 126 cm³/mol. The summed E-state index contributed by atoms with van der Waals surface area (Å²) < 4.78 is 38.0. The van der Waals surface area contributed by atoms with E-state index in [1.807, 2.05) is 6.92 Å². The lowest BCUT2D eigenvalue weighted by Crippen LogP contribution is -2.55. The fourth-order valence-corrected chi connectivity index (χ4v) is 5.92. The maximum atomic E-state index is 14.0. The molecule has 188 valence electrons. The van der Waals surface area contributed by atoms with Crippen molar-refractivity contribution in [3.63, 3.8) is 0 Å². The van der Waals surface area contributed by atoms with E-state index in [0.29, 0.717) is 19.8 Å². The molecule has 1 saturated heterocycles. The van der Waals surface area contributed by atoms with Crippen molar-refractivity contribution in [2.24, 2.45) is 0 Å². The summed E-state index contributed by atoms with van der Waals surface area (Å²) in [6, 6.07) is 5.26. The monoisotopic (exact) mass is 487 g/mol. The van der Waals surface area contributed by atoms with E-state index >= 15 is 0 Å². The average Bonchev–Trinajstić information content (AvgIpc) is 2.81. The van der Waals surface area contributed by atoms with Gasteiger partial charge >= 0.3 is 0 Å². The second-order valence-corrected chi connectivity index (χ2v) is 10.7. The molecule has 33 heavy (non-hydrogen) atoms. The van der Waals surface area contributed by atoms with Gasteiger partial charge in [-0.2, -0.15) is 0 Å². The smallest absolute Gasteiger partial charge is 0.269 e. The van der Waals surface area contributed by atoms with E-state index in [4.69, 9.17) is 18.7 Å². The standard InChI is InChI=1S/C23H38NO8P/c1-4-7-14-29-17-20-21(30-15-8-5-2)22(31-16-9-6-3)23(25)33(28,32-20)19-12-10-18(11-13-19)24(26)27/h10-13,20-23,25H,4-9,14-17H2,1-3H3/t20-,21-,22+,23?,33+/m1/s1. The van der Waals surface area contributed by atoms with Crippen LogP contribution in [0.5, 0.6) is 0 Å². The Morgan fingerprint density at radius 2 is 1.52 bits per heavy atom. The normalized spacial score (nSPS) is 27.5. The van der Waals surface area contributed by atoms with Gasteiger partial charge in [-0.3, -0.25) is 14.7 Å². The third-order valence-electron chi connectivity index (χ3n) is 5.59.